The maximum absolute atomic E-state index is 5.80. The fourth-order valence-corrected chi connectivity index (χ4v) is 2.56. The Morgan fingerprint density at radius 3 is 2.58 bits per heavy atom. The van der Waals surface area contributed by atoms with E-state index >= 15 is 0 Å². The van der Waals surface area contributed by atoms with Crippen LogP contribution in [0.25, 0.3) is 17.0 Å². The molecular weight excluding hydrogens is 328 g/mol. The molecule has 0 spiro atoms. The summed E-state index contributed by atoms with van der Waals surface area (Å²) in [5.74, 6) is 2.90. The minimum atomic E-state index is -0.0600. The lowest BCUT2D eigenvalue weighted by molar-refractivity contribution is 0.385. The van der Waals surface area contributed by atoms with Gasteiger partial charge in [0.15, 0.2) is 11.5 Å². The molecule has 1 N–H and O–H groups in total. The van der Waals surface area contributed by atoms with Crippen LogP contribution in [0.3, 0.4) is 0 Å². The van der Waals surface area contributed by atoms with Gasteiger partial charge in [0, 0.05) is 11.0 Å². The molecular formula is C19H20N6O. The summed E-state index contributed by atoms with van der Waals surface area (Å²) in [6, 6.07) is 13.6. The molecule has 7 nitrogen and oxygen atoms in total. The fourth-order valence-electron chi connectivity index (χ4n) is 2.56. The Hall–Kier alpha value is -3.22. The summed E-state index contributed by atoms with van der Waals surface area (Å²) in [6.07, 6.45) is 1.78. The Morgan fingerprint density at radius 2 is 1.85 bits per heavy atom. The van der Waals surface area contributed by atoms with E-state index in [-0.39, 0.29) is 5.41 Å². The second kappa shape index (κ2) is 6.25. The van der Waals surface area contributed by atoms with Gasteiger partial charge >= 0.3 is 0 Å². The van der Waals surface area contributed by atoms with Crippen LogP contribution in [0, 0.1) is 0 Å². The molecule has 4 rings (SSSR count). The van der Waals surface area contributed by atoms with Crippen molar-refractivity contribution in [3.8, 4) is 11.4 Å². The number of oxazole rings is 1. The number of benzene rings is 1. The summed E-state index contributed by atoms with van der Waals surface area (Å²) >= 11 is 0. The van der Waals surface area contributed by atoms with E-state index in [1.165, 1.54) is 0 Å². The van der Waals surface area contributed by atoms with Gasteiger partial charge in [-0.1, -0.05) is 51.1 Å². The van der Waals surface area contributed by atoms with Crippen molar-refractivity contribution in [1.82, 2.24) is 24.8 Å². The quantitative estimate of drug-likeness (QED) is 0.606. The zero-order valence-electron chi connectivity index (χ0n) is 15.0. The van der Waals surface area contributed by atoms with Crippen LogP contribution in [0.5, 0.6) is 0 Å². The Kier molecular flexibility index (Phi) is 3.91. The molecule has 0 saturated heterocycles. The monoisotopic (exact) mass is 348 g/mol. The van der Waals surface area contributed by atoms with E-state index in [2.05, 4.69) is 46.4 Å². The summed E-state index contributed by atoms with van der Waals surface area (Å²) in [7, 11) is 0. The molecule has 0 saturated carbocycles. The van der Waals surface area contributed by atoms with Gasteiger partial charge in [0.05, 0.1) is 12.7 Å². The van der Waals surface area contributed by atoms with Gasteiger partial charge in [-0.15, -0.1) is 15.3 Å². The minimum Gasteiger partial charge on any atom is -0.443 e. The minimum absolute atomic E-state index is 0.0600. The number of hydrogen-bond donors (Lipinski definition) is 1. The zero-order valence-corrected chi connectivity index (χ0v) is 15.0. The number of fused-ring (bicyclic) bond motifs is 1. The molecule has 3 aromatic heterocycles. The number of hydrogen-bond acceptors (Lipinski definition) is 6. The topological polar surface area (TPSA) is 81.1 Å². The van der Waals surface area contributed by atoms with Crippen LogP contribution in [-0.4, -0.2) is 24.8 Å². The number of rotatable bonds is 4. The van der Waals surface area contributed by atoms with Gasteiger partial charge in [-0.3, -0.25) is 0 Å². The van der Waals surface area contributed by atoms with Crippen LogP contribution >= 0.6 is 0 Å². The van der Waals surface area contributed by atoms with Crippen molar-refractivity contribution in [2.24, 2.45) is 0 Å². The van der Waals surface area contributed by atoms with Crippen molar-refractivity contribution in [2.75, 3.05) is 5.32 Å². The molecule has 0 unspecified atom stereocenters. The normalized spacial score (nSPS) is 11.8. The highest BCUT2D eigenvalue weighted by atomic mass is 16.4. The van der Waals surface area contributed by atoms with E-state index < -0.39 is 0 Å². The van der Waals surface area contributed by atoms with Crippen molar-refractivity contribution in [1.29, 1.82) is 0 Å². The Morgan fingerprint density at radius 1 is 1.04 bits per heavy atom. The predicted octanol–water partition coefficient (Wildman–Crippen LogP) is 3.69. The highest BCUT2D eigenvalue weighted by molar-refractivity contribution is 5.59. The molecule has 4 aromatic rings. The lowest BCUT2D eigenvalue weighted by Crippen LogP contribution is -2.09. The number of nitrogens with one attached hydrogen (secondary N) is 1. The average Bonchev–Trinajstić information content (AvgIpc) is 3.27. The van der Waals surface area contributed by atoms with Crippen LogP contribution < -0.4 is 5.32 Å². The van der Waals surface area contributed by atoms with Gasteiger partial charge in [0.1, 0.15) is 11.6 Å². The second-order valence-corrected chi connectivity index (χ2v) is 7.10. The standard InChI is InChI=1S/C19H20N6O/c1-19(2,3)14-11-21-17(26-14)12-20-15-9-10-16-22-23-18(25(16)24-15)13-7-5-4-6-8-13/h4-11H,12H2,1-3H3,(H,20,24). The molecule has 0 aliphatic heterocycles. The maximum Gasteiger partial charge on any atom is 0.213 e. The van der Waals surface area contributed by atoms with Gasteiger partial charge in [0.2, 0.25) is 5.89 Å². The molecule has 0 aliphatic carbocycles. The SMILES string of the molecule is CC(C)(C)c1cnc(CNc2ccc3nnc(-c4ccccc4)n3n2)o1. The molecule has 0 aliphatic rings. The molecule has 132 valence electrons. The molecule has 7 heteroatoms. The van der Waals surface area contributed by atoms with Crippen LogP contribution in [-0.2, 0) is 12.0 Å². The van der Waals surface area contributed by atoms with E-state index in [1.807, 2.05) is 42.5 Å². The Balaban J connectivity index is 1.57. The Labute approximate surface area is 151 Å². The van der Waals surface area contributed by atoms with E-state index in [9.17, 15) is 0 Å². The van der Waals surface area contributed by atoms with Gasteiger partial charge in [-0.05, 0) is 12.1 Å². The lowest BCUT2D eigenvalue weighted by Gasteiger charge is -2.13. The third kappa shape index (κ3) is 3.15. The molecule has 1 aromatic carbocycles. The van der Waals surface area contributed by atoms with Crippen molar-refractivity contribution in [3.63, 3.8) is 0 Å². The fraction of sp³-hybridized carbons (Fsp3) is 0.263. The number of nitrogens with zero attached hydrogens (tertiary/aromatic N) is 5. The third-order valence-corrected chi connectivity index (χ3v) is 4.01. The summed E-state index contributed by atoms with van der Waals surface area (Å²) in [4.78, 5) is 4.33. The second-order valence-electron chi connectivity index (χ2n) is 7.10. The number of anilines is 1. The summed E-state index contributed by atoms with van der Waals surface area (Å²) in [5, 5.41) is 16.3. The Bertz CT molecular complexity index is 1030. The van der Waals surface area contributed by atoms with E-state index in [4.69, 9.17) is 4.42 Å². The van der Waals surface area contributed by atoms with Crippen LogP contribution in [0.1, 0.15) is 32.4 Å². The van der Waals surface area contributed by atoms with Crippen molar-refractivity contribution >= 4 is 11.5 Å². The van der Waals surface area contributed by atoms with Crippen LogP contribution in [0.2, 0.25) is 0 Å². The molecule has 0 fully saturated rings. The van der Waals surface area contributed by atoms with Gasteiger partial charge < -0.3 is 9.73 Å². The van der Waals surface area contributed by atoms with Crippen LogP contribution in [0.4, 0.5) is 5.82 Å². The third-order valence-electron chi connectivity index (χ3n) is 4.01. The smallest absolute Gasteiger partial charge is 0.213 e. The van der Waals surface area contributed by atoms with Crippen molar-refractivity contribution < 1.29 is 4.42 Å². The predicted molar refractivity (Wildman–Crippen MR) is 98.7 cm³/mol. The first-order chi connectivity index (χ1) is 12.5. The first-order valence-corrected chi connectivity index (χ1v) is 8.48. The maximum atomic E-state index is 5.80. The molecule has 26 heavy (non-hydrogen) atoms. The van der Waals surface area contributed by atoms with E-state index in [0.717, 1.165) is 11.3 Å². The molecule has 0 amide bonds. The highest BCUT2D eigenvalue weighted by Gasteiger charge is 2.19. The van der Waals surface area contributed by atoms with Crippen LogP contribution in [0.15, 0.2) is 53.1 Å². The van der Waals surface area contributed by atoms with E-state index in [1.54, 1.807) is 10.7 Å². The average molecular weight is 348 g/mol. The van der Waals surface area contributed by atoms with E-state index in [0.29, 0.717) is 29.7 Å². The summed E-state index contributed by atoms with van der Waals surface area (Å²) < 4.78 is 7.53. The molecule has 0 radical (unpaired) electrons. The summed E-state index contributed by atoms with van der Waals surface area (Å²) in [6.45, 7) is 6.74. The van der Waals surface area contributed by atoms with Gasteiger partial charge in [0.25, 0.3) is 0 Å². The molecule has 0 atom stereocenters. The number of aromatic nitrogens is 5. The van der Waals surface area contributed by atoms with Crippen molar-refractivity contribution in [2.45, 2.75) is 32.7 Å². The zero-order chi connectivity index (χ0) is 18.1. The first-order valence-electron chi connectivity index (χ1n) is 8.48. The molecule has 3 heterocycles. The highest BCUT2D eigenvalue weighted by Crippen LogP contribution is 2.23. The summed E-state index contributed by atoms with van der Waals surface area (Å²) in [5.41, 5.74) is 1.60. The van der Waals surface area contributed by atoms with Crippen molar-refractivity contribution in [3.05, 3.63) is 60.3 Å². The van der Waals surface area contributed by atoms with Gasteiger partial charge in [-0.25, -0.2) is 4.98 Å². The lowest BCUT2D eigenvalue weighted by atomic mass is 9.94. The largest absolute Gasteiger partial charge is 0.443 e. The van der Waals surface area contributed by atoms with Gasteiger partial charge in [-0.2, -0.15) is 4.52 Å². The molecule has 0 bridgehead atoms. The first kappa shape index (κ1) is 16.3.